The molecule has 52 heavy (non-hydrogen) atoms. The van der Waals surface area contributed by atoms with Crippen LogP contribution < -0.4 is 10.9 Å². The molecule has 7 aromatic rings. The Hall–Kier alpha value is -4.45. The fourth-order valence-electron chi connectivity index (χ4n) is 7.98. The van der Waals surface area contributed by atoms with E-state index in [0.29, 0.717) is 0 Å². The Morgan fingerprint density at radius 1 is 0.346 bits per heavy atom. The van der Waals surface area contributed by atoms with Gasteiger partial charge in [0.15, 0.2) is 0 Å². The van der Waals surface area contributed by atoms with Crippen LogP contribution in [-0.2, 0) is 18.6 Å². The van der Waals surface area contributed by atoms with E-state index in [9.17, 15) is 0 Å². The molecule has 6 heteroatoms. The highest BCUT2D eigenvalue weighted by atomic mass is 16.7. The third kappa shape index (κ3) is 5.07. The first kappa shape index (κ1) is 33.4. The summed E-state index contributed by atoms with van der Waals surface area (Å²) < 4.78 is 26.5. The summed E-state index contributed by atoms with van der Waals surface area (Å²) in [6.07, 6.45) is 0. The van der Waals surface area contributed by atoms with Crippen molar-refractivity contribution in [2.24, 2.45) is 0 Å². The number of hydrogen-bond donors (Lipinski definition) is 0. The summed E-state index contributed by atoms with van der Waals surface area (Å²) in [5.41, 5.74) is 4.94. The first-order valence-electron chi connectivity index (χ1n) is 18.5. The molecular weight excluding hydrogens is 638 g/mol. The molecule has 0 amide bonds. The van der Waals surface area contributed by atoms with Gasteiger partial charge in [-0.15, -0.1) is 0 Å². The number of benzene rings is 7. The van der Waals surface area contributed by atoms with Crippen molar-refractivity contribution in [1.82, 2.24) is 0 Å². The van der Waals surface area contributed by atoms with Crippen molar-refractivity contribution in [2.45, 2.75) is 77.8 Å². The van der Waals surface area contributed by atoms with E-state index < -0.39 is 36.6 Å². The predicted octanol–water partition coefficient (Wildman–Crippen LogP) is 10.2. The molecule has 2 aliphatic heterocycles. The van der Waals surface area contributed by atoms with Crippen molar-refractivity contribution in [1.29, 1.82) is 0 Å². The van der Waals surface area contributed by atoms with Gasteiger partial charge in [-0.3, -0.25) is 0 Å². The maximum Gasteiger partial charge on any atom is 0.494 e. The molecule has 4 nitrogen and oxygen atoms in total. The SMILES string of the molecule is CC1(C)OB(c2ccc3c(-c4cccc5ccccc45)c4cc(B5OC(C)(C)C(C)(C)O5)ccc4c(-c4cccc5ccccc45)c3c2)OC1(C)C. The summed E-state index contributed by atoms with van der Waals surface area (Å²) in [5.74, 6) is 0. The van der Waals surface area contributed by atoms with Gasteiger partial charge in [0.05, 0.1) is 22.4 Å². The summed E-state index contributed by atoms with van der Waals surface area (Å²) in [7, 11) is -0.977. The van der Waals surface area contributed by atoms with E-state index in [1.54, 1.807) is 0 Å². The van der Waals surface area contributed by atoms with Gasteiger partial charge < -0.3 is 18.6 Å². The molecule has 9 rings (SSSR count). The van der Waals surface area contributed by atoms with E-state index in [-0.39, 0.29) is 0 Å². The molecule has 2 fully saturated rings. The molecule has 258 valence electrons. The quantitative estimate of drug-likeness (QED) is 0.137. The van der Waals surface area contributed by atoms with E-state index in [0.717, 1.165) is 32.5 Å². The maximum absolute atomic E-state index is 6.63. The lowest BCUT2D eigenvalue weighted by atomic mass is 9.74. The minimum absolute atomic E-state index is 0.452. The first-order chi connectivity index (χ1) is 24.7. The highest BCUT2D eigenvalue weighted by Crippen LogP contribution is 2.47. The lowest BCUT2D eigenvalue weighted by Crippen LogP contribution is -2.41. The smallest absolute Gasteiger partial charge is 0.399 e. The van der Waals surface area contributed by atoms with Crippen LogP contribution in [0.15, 0.2) is 121 Å². The molecule has 0 aliphatic carbocycles. The number of rotatable bonds is 4. The number of hydrogen-bond acceptors (Lipinski definition) is 4. The minimum Gasteiger partial charge on any atom is -0.399 e. The Kier molecular flexibility index (Phi) is 7.40. The van der Waals surface area contributed by atoms with Gasteiger partial charge in [0, 0.05) is 0 Å². The summed E-state index contributed by atoms with van der Waals surface area (Å²) in [4.78, 5) is 0. The zero-order chi connectivity index (χ0) is 36.2. The van der Waals surface area contributed by atoms with Crippen molar-refractivity contribution in [3.05, 3.63) is 121 Å². The number of fused-ring (bicyclic) bond motifs is 4. The summed E-state index contributed by atoms with van der Waals surface area (Å²) in [6.45, 7) is 16.9. The normalized spacial score (nSPS) is 19.0. The third-order valence-corrected chi connectivity index (χ3v) is 12.3. The van der Waals surface area contributed by atoms with Gasteiger partial charge in [-0.2, -0.15) is 0 Å². The van der Waals surface area contributed by atoms with Gasteiger partial charge in [-0.1, -0.05) is 121 Å². The van der Waals surface area contributed by atoms with E-state index >= 15 is 0 Å². The Labute approximate surface area is 307 Å². The van der Waals surface area contributed by atoms with Gasteiger partial charge in [0.2, 0.25) is 0 Å². The highest BCUT2D eigenvalue weighted by Gasteiger charge is 2.53. The van der Waals surface area contributed by atoms with Gasteiger partial charge >= 0.3 is 14.2 Å². The Morgan fingerprint density at radius 3 is 1.08 bits per heavy atom. The van der Waals surface area contributed by atoms with Crippen molar-refractivity contribution in [2.75, 3.05) is 0 Å². The molecule has 0 unspecified atom stereocenters. The second kappa shape index (κ2) is 11.5. The van der Waals surface area contributed by atoms with Crippen LogP contribution in [0.5, 0.6) is 0 Å². The van der Waals surface area contributed by atoms with Crippen molar-refractivity contribution in [3.8, 4) is 22.3 Å². The lowest BCUT2D eigenvalue weighted by Gasteiger charge is -2.32. The van der Waals surface area contributed by atoms with Gasteiger partial charge in [0.1, 0.15) is 0 Å². The van der Waals surface area contributed by atoms with Crippen molar-refractivity contribution < 1.29 is 18.6 Å². The third-order valence-electron chi connectivity index (χ3n) is 12.3. The van der Waals surface area contributed by atoms with Crippen LogP contribution in [0.1, 0.15) is 55.4 Å². The predicted molar refractivity (Wildman–Crippen MR) is 219 cm³/mol. The van der Waals surface area contributed by atoms with Crippen LogP contribution in [0, 0.1) is 0 Å². The fourth-order valence-corrected chi connectivity index (χ4v) is 7.98. The summed E-state index contributed by atoms with van der Waals surface area (Å²) >= 11 is 0. The largest absolute Gasteiger partial charge is 0.494 e. The van der Waals surface area contributed by atoms with E-state index in [4.69, 9.17) is 18.6 Å². The molecule has 0 saturated carbocycles. The van der Waals surface area contributed by atoms with E-state index in [2.05, 4.69) is 177 Å². The molecule has 7 aromatic carbocycles. The molecule has 0 radical (unpaired) electrons. The van der Waals surface area contributed by atoms with Crippen LogP contribution in [0.3, 0.4) is 0 Å². The molecule has 0 N–H and O–H groups in total. The Bertz CT molecular complexity index is 2350. The standard InChI is InChI=1S/C46H44B2O4/c1-43(2)44(3,4)50-47(49-43)31-23-25-37-39(27-31)41(35-21-13-17-29-15-9-11-19-33(29)35)38-26-24-32(48-51-45(5,6)46(7,8)52-48)28-40(38)42(37)36-22-14-18-30-16-10-12-20-34(30)36/h9-28H,1-8H3. The average molecular weight is 682 g/mol. The van der Waals surface area contributed by atoms with E-state index in [1.807, 2.05) is 0 Å². The minimum atomic E-state index is -0.489. The van der Waals surface area contributed by atoms with Gasteiger partial charge in [-0.05, 0) is 132 Å². The van der Waals surface area contributed by atoms with Crippen LogP contribution in [0.2, 0.25) is 0 Å². The highest BCUT2D eigenvalue weighted by molar-refractivity contribution is 6.63. The Balaban J connectivity index is 1.41. The van der Waals surface area contributed by atoms with Crippen LogP contribution in [-0.4, -0.2) is 36.6 Å². The van der Waals surface area contributed by atoms with Crippen LogP contribution in [0.25, 0.3) is 65.3 Å². The monoisotopic (exact) mass is 682 g/mol. The summed E-state index contributed by atoms with van der Waals surface area (Å²) in [6, 6.07) is 44.2. The topological polar surface area (TPSA) is 36.9 Å². The molecule has 0 aromatic heterocycles. The zero-order valence-corrected chi connectivity index (χ0v) is 31.3. The average Bonchev–Trinajstić information content (AvgIpc) is 3.49. The van der Waals surface area contributed by atoms with Gasteiger partial charge in [0.25, 0.3) is 0 Å². The molecule has 2 aliphatic rings. The zero-order valence-electron chi connectivity index (χ0n) is 31.3. The van der Waals surface area contributed by atoms with Crippen molar-refractivity contribution >= 4 is 68.3 Å². The Morgan fingerprint density at radius 2 is 0.692 bits per heavy atom. The molecule has 2 heterocycles. The molecule has 2 saturated heterocycles. The van der Waals surface area contributed by atoms with Crippen LogP contribution in [0.4, 0.5) is 0 Å². The second-order valence-corrected chi connectivity index (χ2v) is 16.6. The molecule has 0 atom stereocenters. The van der Waals surface area contributed by atoms with Crippen LogP contribution >= 0.6 is 0 Å². The van der Waals surface area contributed by atoms with E-state index in [1.165, 1.54) is 43.8 Å². The maximum atomic E-state index is 6.63. The van der Waals surface area contributed by atoms with Crippen molar-refractivity contribution in [3.63, 3.8) is 0 Å². The lowest BCUT2D eigenvalue weighted by molar-refractivity contribution is 0.00578. The first-order valence-corrected chi connectivity index (χ1v) is 18.5. The molecule has 0 bridgehead atoms. The molecule has 0 spiro atoms. The fraction of sp³-hybridized carbons (Fsp3) is 0.261. The second-order valence-electron chi connectivity index (χ2n) is 16.6. The molecular formula is C46H44B2O4. The summed E-state index contributed by atoms with van der Waals surface area (Å²) in [5, 5.41) is 9.47. The van der Waals surface area contributed by atoms with Gasteiger partial charge in [-0.25, -0.2) is 0 Å².